The fourth-order valence-electron chi connectivity index (χ4n) is 3.08. The van der Waals surface area contributed by atoms with E-state index in [9.17, 15) is 48.3 Å². The summed E-state index contributed by atoms with van der Waals surface area (Å²) < 4.78 is 166. The monoisotopic (exact) mass is 538 g/mol. The van der Waals surface area contributed by atoms with Crippen molar-refractivity contribution in [1.82, 2.24) is 0 Å². The molecule has 15 heteroatoms. The number of rotatable bonds is 6. The van der Waals surface area contributed by atoms with E-state index >= 15 is 0 Å². The molecule has 4 rings (SSSR count). The second-order valence-corrected chi connectivity index (χ2v) is 7.04. The third kappa shape index (κ3) is 4.56. The van der Waals surface area contributed by atoms with Crippen LogP contribution in [0.1, 0.15) is 0 Å². The Balaban J connectivity index is 1.83. The minimum Gasteiger partial charge on any atom is -0.489 e. The van der Waals surface area contributed by atoms with E-state index in [1.54, 1.807) is 0 Å². The van der Waals surface area contributed by atoms with Crippen LogP contribution >= 0.6 is 0 Å². The predicted molar refractivity (Wildman–Crippen MR) is 104 cm³/mol. The lowest BCUT2D eigenvalue weighted by Gasteiger charge is -2.19. The van der Waals surface area contributed by atoms with E-state index in [4.69, 9.17) is 9.31 Å². The molecule has 0 spiro atoms. The minimum absolute atomic E-state index is 0.342. The summed E-state index contributed by atoms with van der Waals surface area (Å²) in [6.07, 6.45) is 0. The predicted octanol–water partition coefficient (Wildman–Crippen LogP) is 6.89. The molecule has 4 aromatic carbocycles. The van der Waals surface area contributed by atoms with Crippen LogP contribution in [0.4, 0.5) is 48.3 Å². The van der Waals surface area contributed by atoms with Gasteiger partial charge in [-0.15, -0.1) is 0 Å². The highest BCUT2D eigenvalue weighted by molar-refractivity contribution is 6.40. The van der Waals surface area contributed by atoms with Gasteiger partial charge in [-0.1, -0.05) is 0 Å². The van der Waals surface area contributed by atoms with Crippen LogP contribution in [0.25, 0.3) is 10.8 Å². The molecule has 0 unspecified atom stereocenters. The van der Waals surface area contributed by atoms with Crippen LogP contribution in [0.2, 0.25) is 0 Å². The van der Waals surface area contributed by atoms with Gasteiger partial charge < -0.3 is 14.0 Å². The second kappa shape index (κ2) is 9.71. The highest BCUT2D eigenvalue weighted by Crippen LogP contribution is 2.34. The minimum atomic E-state index is -2.77. The van der Waals surface area contributed by atoms with Crippen molar-refractivity contribution < 1.29 is 62.3 Å². The Morgan fingerprint density at radius 3 is 1.54 bits per heavy atom. The fraction of sp³-hybridized carbons (Fsp3) is 0. The first-order valence-corrected chi connectivity index (χ1v) is 9.63. The van der Waals surface area contributed by atoms with Crippen molar-refractivity contribution in [3.63, 3.8) is 0 Å². The normalized spacial score (nSPS) is 11.1. The smallest absolute Gasteiger partial charge is 0.489 e. The van der Waals surface area contributed by atoms with Crippen LogP contribution < -0.4 is 14.0 Å². The molecule has 37 heavy (non-hydrogen) atoms. The molecule has 0 amide bonds. The molecule has 0 heterocycles. The third-order valence-electron chi connectivity index (χ3n) is 4.81. The van der Waals surface area contributed by atoms with E-state index in [-0.39, 0.29) is 0 Å². The molecule has 0 radical (unpaired) electrons. The van der Waals surface area contributed by atoms with Gasteiger partial charge in [0.1, 0.15) is 17.3 Å². The van der Waals surface area contributed by atoms with Gasteiger partial charge in [0.2, 0.25) is 34.9 Å². The van der Waals surface area contributed by atoms with Gasteiger partial charge in [-0.3, -0.25) is 0 Å². The van der Waals surface area contributed by atoms with E-state index in [1.807, 2.05) is 0 Å². The first-order chi connectivity index (χ1) is 17.4. The standard InChI is InChI=1S/C22H6BF11O3/c24-8-3-5-11(7-1-2-9(25)14(27)13(7)8)35-23(36-12-6-4-10(26)15(28)16(12)29)37-22-20(33)18(31)17(30)19(32)21(22)34/h1-6H. The van der Waals surface area contributed by atoms with Gasteiger partial charge in [0, 0.05) is 5.39 Å². The van der Waals surface area contributed by atoms with E-state index in [2.05, 4.69) is 4.65 Å². The molecule has 0 N–H and O–H groups in total. The quantitative estimate of drug-likeness (QED) is 0.116. The molecule has 0 fully saturated rings. The Morgan fingerprint density at radius 1 is 0.405 bits per heavy atom. The van der Waals surface area contributed by atoms with Crippen LogP contribution in [0.15, 0.2) is 36.4 Å². The Labute approximate surface area is 198 Å². The van der Waals surface area contributed by atoms with E-state index < -0.39 is 99.3 Å². The summed E-state index contributed by atoms with van der Waals surface area (Å²) in [6, 6.07) is 3.36. The highest BCUT2D eigenvalue weighted by Gasteiger charge is 2.38. The van der Waals surface area contributed by atoms with Crippen LogP contribution in [0.5, 0.6) is 17.2 Å². The molecule has 0 aliphatic carbocycles. The van der Waals surface area contributed by atoms with Gasteiger partial charge in [0.05, 0.1) is 5.39 Å². The lowest BCUT2D eigenvalue weighted by atomic mass is 10.1. The molecule has 0 atom stereocenters. The number of benzene rings is 4. The van der Waals surface area contributed by atoms with Crippen molar-refractivity contribution in [3.8, 4) is 17.2 Å². The third-order valence-corrected chi connectivity index (χ3v) is 4.81. The van der Waals surface area contributed by atoms with Crippen molar-refractivity contribution >= 4 is 18.1 Å². The summed E-state index contributed by atoms with van der Waals surface area (Å²) in [5.41, 5.74) is 0. The zero-order chi connectivity index (χ0) is 27.2. The van der Waals surface area contributed by atoms with Gasteiger partial charge in [0.15, 0.2) is 29.0 Å². The molecular formula is C22H6BF11O3. The van der Waals surface area contributed by atoms with E-state index in [1.165, 1.54) is 0 Å². The molecular weight excluding hydrogens is 532 g/mol. The van der Waals surface area contributed by atoms with Crippen molar-refractivity contribution in [3.05, 3.63) is 100 Å². The molecule has 192 valence electrons. The van der Waals surface area contributed by atoms with Crippen molar-refractivity contribution in [2.75, 3.05) is 0 Å². The number of hydrogen-bond donors (Lipinski definition) is 0. The molecule has 3 nitrogen and oxygen atoms in total. The molecule has 4 aromatic rings. The summed E-state index contributed by atoms with van der Waals surface area (Å²) in [6.45, 7) is 0. The lowest BCUT2D eigenvalue weighted by molar-refractivity contribution is 0.272. The Kier molecular flexibility index (Phi) is 6.80. The van der Waals surface area contributed by atoms with Crippen LogP contribution in [0.3, 0.4) is 0 Å². The van der Waals surface area contributed by atoms with Gasteiger partial charge >= 0.3 is 7.32 Å². The topological polar surface area (TPSA) is 27.7 Å². The Morgan fingerprint density at radius 2 is 0.892 bits per heavy atom. The van der Waals surface area contributed by atoms with Crippen molar-refractivity contribution in [1.29, 1.82) is 0 Å². The lowest BCUT2D eigenvalue weighted by Crippen LogP contribution is -2.38. The molecule has 0 saturated carbocycles. The second-order valence-electron chi connectivity index (χ2n) is 7.04. The summed E-state index contributed by atoms with van der Waals surface area (Å²) in [5.74, 6) is -26.8. The molecule has 0 aliphatic rings. The van der Waals surface area contributed by atoms with Crippen molar-refractivity contribution in [2.45, 2.75) is 0 Å². The largest absolute Gasteiger partial charge is 0.864 e. The van der Waals surface area contributed by atoms with Crippen LogP contribution in [-0.4, -0.2) is 7.32 Å². The maximum Gasteiger partial charge on any atom is 0.864 e. The first kappa shape index (κ1) is 25.9. The summed E-state index contributed by atoms with van der Waals surface area (Å²) in [7, 11) is -2.77. The first-order valence-electron chi connectivity index (χ1n) is 9.63. The molecule has 0 aliphatic heterocycles. The Hall–Kier alpha value is -4.17. The number of halogens is 11. The summed E-state index contributed by atoms with van der Waals surface area (Å²) in [4.78, 5) is 0. The van der Waals surface area contributed by atoms with E-state index in [0.717, 1.165) is 12.1 Å². The van der Waals surface area contributed by atoms with Crippen molar-refractivity contribution in [2.24, 2.45) is 0 Å². The molecule has 0 aromatic heterocycles. The Bertz CT molecular complexity index is 1520. The summed E-state index contributed by atoms with van der Waals surface area (Å²) in [5, 5.41) is -1.55. The average molecular weight is 538 g/mol. The van der Waals surface area contributed by atoms with Gasteiger partial charge in [-0.25, -0.2) is 35.1 Å². The zero-order valence-corrected chi connectivity index (χ0v) is 17.4. The number of fused-ring (bicyclic) bond motifs is 1. The molecule has 0 saturated heterocycles. The molecule has 0 bridgehead atoms. The maximum absolute atomic E-state index is 14.2. The van der Waals surface area contributed by atoms with Gasteiger partial charge in [0.25, 0.3) is 0 Å². The van der Waals surface area contributed by atoms with Crippen LogP contribution in [-0.2, 0) is 0 Å². The highest BCUT2D eigenvalue weighted by atomic mass is 19.2. The SMILES string of the molecule is Fc1ccc(OB(Oc2c(F)c(F)c(F)c(F)c2F)Oc2ccc(F)c3c(F)c(F)ccc23)c(F)c1F. The van der Waals surface area contributed by atoms with Crippen LogP contribution in [0, 0.1) is 64.0 Å². The zero-order valence-electron chi connectivity index (χ0n) is 17.4. The maximum atomic E-state index is 14.2. The fourth-order valence-corrected chi connectivity index (χ4v) is 3.08. The van der Waals surface area contributed by atoms with Gasteiger partial charge in [-0.05, 0) is 36.4 Å². The summed E-state index contributed by atoms with van der Waals surface area (Å²) >= 11 is 0. The van der Waals surface area contributed by atoms with Gasteiger partial charge in [-0.2, -0.15) is 13.2 Å². The average Bonchev–Trinajstić information content (AvgIpc) is 2.87. The number of hydrogen-bond acceptors (Lipinski definition) is 3. The van der Waals surface area contributed by atoms with E-state index in [0.29, 0.717) is 24.3 Å².